The van der Waals surface area contributed by atoms with Crippen LogP contribution in [0.3, 0.4) is 0 Å². The van der Waals surface area contributed by atoms with Crippen LogP contribution in [0.5, 0.6) is 0 Å². The second-order valence-electron chi connectivity index (χ2n) is 3.67. The van der Waals surface area contributed by atoms with E-state index in [1.807, 2.05) is 6.07 Å². The summed E-state index contributed by atoms with van der Waals surface area (Å²) < 4.78 is 0. The zero-order valence-corrected chi connectivity index (χ0v) is 7.90. The topological polar surface area (TPSA) is 14.1 Å². The standard InChI is InChI=1S/C13H11N/c1-3-7-12-10(5-1)9-11-6-2-4-8-13(11)14-12/h1,3-5,7-9H,2,6H2/q+1. The Kier molecular flexibility index (Phi) is 1.63. The third kappa shape index (κ3) is 1.13. The quantitative estimate of drug-likeness (QED) is 0.584. The molecule has 14 heavy (non-hydrogen) atoms. The van der Waals surface area contributed by atoms with Gasteiger partial charge in [0.15, 0.2) is 0 Å². The largest absolute Gasteiger partial charge is 0.285 e. The van der Waals surface area contributed by atoms with Crippen molar-refractivity contribution in [1.82, 2.24) is 4.99 Å². The second kappa shape index (κ2) is 2.95. The molecule has 0 bridgehead atoms. The molecule has 1 heteroatoms. The second-order valence-corrected chi connectivity index (χ2v) is 3.67. The molecule has 1 aliphatic carbocycles. The van der Waals surface area contributed by atoms with Gasteiger partial charge < -0.3 is 0 Å². The van der Waals surface area contributed by atoms with E-state index in [0.29, 0.717) is 0 Å². The first-order valence-corrected chi connectivity index (χ1v) is 4.99. The van der Waals surface area contributed by atoms with Crippen LogP contribution in [-0.2, 0) is 0 Å². The van der Waals surface area contributed by atoms with Crippen LogP contribution < -0.4 is 4.99 Å². The molecule has 2 aliphatic rings. The molecule has 1 aromatic rings. The summed E-state index contributed by atoms with van der Waals surface area (Å²) in [6.45, 7) is 0. The zero-order valence-electron chi connectivity index (χ0n) is 7.90. The molecular formula is C13H11N+. The third-order valence-corrected chi connectivity index (χ3v) is 2.69. The van der Waals surface area contributed by atoms with Crippen LogP contribution >= 0.6 is 0 Å². The van der Waals surface area contributed by atoms with Gasteiger partial charge in [0.05, 0.1) is 10.6 Å². The summed E-state index contributed by atoms with van der Waals surface area (Å²) in [6, 6.07) is 8.29. The fourth-order valence-corrected chi connectivity index (χ4v) is 1.95. The van der Waals surface area contributed by atoms with Crippen molar-refractivity contribution in [1.29, 1.82) is 0 Å². The van der Waals surface area contributed by atoms with E-state index < -0.39 is 0 Å². The number of allylic oxidation sites excluding steroid dienone is 3. The Morgan fingerprint density at radius 1 is 1.14 bits per heavy atom. The molecule has 0 fully saturated rings. The fraction of sp³-hybridized carbons (Fsp3) is 0.154. The summed E-state index contributed by atoms with van der Waals surface area (Å²) in [4.78, 5) is 4.63. The Balaban J connectivity index is 2.20. The Morgan fingerprint density at radius 3 is 3.07 bits per heavy atom. The Labute approximate surface area is 83.5 Å². The van der Waals surface area contributed by atoms with Gasteiger partial charge in [0.25, 0.3) is 11.4 Å². The van der Waals surface area contributed by atoms with Gasteiger partial charge in [0, 0.05) is 17.7 Å². The SMILES string of the molecule is C1=CC2=[N+]c3ccccc3C=C2CC1. The predicted octanol–water partition coefficient (Wildman–Crippen LogP) is 2.84. The molecule has 0 saturated heterocycles. The fourth-order valence-electron chi connectivity index (χ4n) is 1.95. The molecule has 1 nitrogen and oxygen atoms in total. The van der Waals surface area contributed by atoms with E-state index in [4.69, 9.17) is 0 Å². The summed E-state index contributed by atoms with van der Waals surface area (Å²) in [6.07, 6.45) is 8.87. The molecule has 0 amide bonds. The normalized spacial score (nSPS) is 18.0. The van der Waals surface area contributed by atoms with E-state index in [2.05, 4.69) is 41.4 Å². The summed E-state index contributed by atoms with van der Waals surface area (Å²) in [5.41, 5.74) is 4.88. The predicted molar refractivity (Wildman–Crippen MR) is 59.6 cm³/mol. The molecule has 0 atom stereocenters. The third-order valence-electron chi connectivity index (χ3n) is 2.69. The van der Waals surface area contributed by atoms with Crippen molar-refractivity contribution in [2.45, 2.75) is 12.8 Å². The lowest BCUT2D eigenvalue weighted by Gasteiger charge is -2.08. The molecule has 0 aromatic heterocycles. The van der Waals surface area contributed by atoms with Crippen LogP contribution in [0.1, 0.15) is 18.4 Å². The smallest absolute Gasteiger partial charge is 0.0773 e. The van der Waals surface area contributed by atoms with E-state index >= 15 is 0 Å². The summed E-state index contributed by atoms with van der Waals surface area (Å²) in [7, 11) is 0. The molecule has 0 saturated carbocycles. The minimum absolute atomic E-state index is 1.10. The van der Waals surface area contributed by atoms with E-state index in [1.54, 1.807) is 0 Å². The number of rotatable bonds is 0. The maximum atomic E-state index is 4.63. The summed E-state index contributed by atoms with van der Waals surface area (Å²) in [5, 5.41) is 0. The number of benzene rings is 1. The molecule has 67 valence electrons. The van der Waals surface area contributed by atoms with Gasteiger partial charge in [-0.05, 0) is 25.0 Å². The highest BCUT2D eigenvalue weighted by Gasteiger charge is 2.24. The average Bonchev–Trinajstić information content (AvgIpc) is 2.26. The highest BCUT2D eigenvalue weighted by Crippen LogP contribution is 2.26. The van der Waals surface area contributed by atoms with E-state index in [9.17, 15) is 0 Å². The van der Waals surface area contributed by atoms with Gasteiger partial charge in [-0.3, -0.25) is 0 Å². The molecule has 1 heterocycles. The number of hydrogen-bond acceptors (Lipinski definition) is 1. The highest BCUT2D eigenvalue weighted by atomic mass is 14.8. The Bertz CT molecular complexity index is 464. The monoisotopic (exact) mass is 181 g/mol. The number of aliphatic imine (C=N–C) groups is 1. The molecule has 0 spiro atoms. The van der Waals surface area contributed by atoms with Crippen LogP contribution in [-0.4, -0.2) is 5.71 Å². The molecule has 3 rings (SSSR count). The molecule has 1 aromatic carbocycles. The Morgan fingerprint density at radius 2 is 2.07 bits per heavy atom. The zero-order chi connectivity index (χ0) is 9.38. The molecule has 0 N–H and O–H groups in total. The maximum absolute atomic E-state index is 4.63. The van der Waals surface area contributed by atoms with Crippen LogP contribution in [0.4, 0.5) is 5.69 Å². The van der Waals surface area contributed by atoms with Gasteiger partial charge in [-0.1, -0.05) is 18.2 Å². The van der Waals surface area contributed by atoms with Gasteiger partial charge >= 0.3 is 0 Å². The van der Waals surface area contributed by atoms with Crippen molar-refractivity contribution in [2.24, 2.45) is 0 Å². The number of nitrogens with zero attached hydrogens (tertiary/aromatic N) is 1. The minimum Gasteiger partial charge on any atom is -0.0773 e. The van der Waals surface area contributed by atoms with Crippen molar-refractivity contribution in [3.05, 3.63) is 47.6 Å². The van der Waals surface area contributed by atoms with Crippen molar-refractivity contribution in [3.63, 3.8) is 0 Å². The van der Waals surface area contributed by atoms with Gasteiger partial charge in [-0.2, -0.15) is 0 Å². The van der Waals surface area contributed by atoms with Crippen LogP contribution in [0, 0.1) is 0 Å². The number of hydrogen-bond donors (Lipinski definition) is 0. The van der Waals surface area contributed by atoms with Gasteiger partial charge in [0.2, 0.25) is 0 Å². The van der Waals surface area contributed by atoms with Crippen LogP contribution in [0.2, 0.25) is 0 Å². The lowest BCUT2D eigenvalue weighted by Crippen LogP contribution is -2.12. The molecule has 1 radical (unpaired) electrons. The van der Waals surface area contributed by atoms with Gasteiger partial charge in [-0.25, -0.2) is 0 Å². The average molecular weight is 181 g/mol. The first-order chi connectivity index (χ1) is 6.93. The first-order valence-electron chi connectivity index (χ1n) is 4.99. The van der Waals surface area contributed by atoms with Gasteiger partial charge in [0.1, 0.15) is 0 Å². The number of fused-ring (bicyclic) bond motifs is 2. The van der Waals surface area contributed by atoms with Crippen LogP contribution in [0.15, 0.2) is 42.0 Å². The van der Waals surface area contributed by atoms with E-state index in [0.717, 1.165) is 24.2 Å². The lowest BCUT2D eigenvalue weighted by atomic mass is 9.94. The minimum atomic E-state index is 1.10. The van der Waals surface area contributed by atoms with Crippen molar-refractivity contribution < 1.29 is 0 Å². The van der Waals surface area contributed by atoms with Crippen molar-refractivity contribution in [2.75, 3.05) is 0 Å². The van der Waals surface area contributed by atoms with Crippen molar-refractivity contribution >= 4 is 17.5 Å². The van der Waals surface area contributed by atoms with Crippen LogP contribution in [0.25, 0.3) is 6.08 Å². The molecular weight excluding hydrogens is 170 g/mol. The maximum Gasteiger partial charge on any atom is 0.285 e. The molecule has 0 unspecified atom stereocenters. The molecule has 1 aliphatic heterocycles. The summed E-state index contributed by atoms with van der Waals surface area (Å²) >= 11 is 0. The lowest BCUT2D eigenvalue weighted by molar-refractivity contribution is 1.00. The van der Waals surface area contributed by atoms with Crippen molar-refractivity contribution in [3.8, 4) is 0 Å². The van der Waals surface area contributed by atoms with Gasteiger partial charge in [-0.15, -0.1) is 0 Å². The highest BCUT2D eigenvalue weighted by molar-refractivity contribution is 6.14. The Hall–Kier alpha value is -1.63. The first kappa shape index (κ1) is 7.74. The number of para-hydroxylation sites is 1. The summed E-state index contributed by atoms with van der Waals surface area (Å²) in [5.74, 6) is 0. The van der Waals surface area contributed by atoms with E-state index in [1.165, 1.54) is 11.1 Å². The van der Waals surface area contributed by atoms with E-state index in [-0.39, 0.29) is 0 Å².